The lowest BCUT2D eigenvalue weighted by Gasteiger charge is -2.37. The maximum absolute atomic E-state index is 11.2. The number of aromatic nitrogens is 1. The molecular weight excluding hydrogens is 356 g/mol. The van der Waals surface area contributed by atoms with Gasteiger partial charge in [0.1, 0.15) is 0 Å². The average molecular weight is 387 g/mol. The van der Waals surface area contributed by atoms with Gasteiger partial charge in [0.05, 0.1) is 6.10 Å². The Hall–Kier alpha value is -2.75. The van der Waals surface area contributed by atoms with E-state index < -0.39 is 6.10 Å². The molecule has 0 bridgehead atoms. The van der Waals surface area contributed by atoms with Gasteiger partial charge in [0.2, 0.25) is 0 Å². The van der Waals surface area contributed by atoms with Crippen LogP contribution in [0.3, 0.4) is 0 Å². The molecule has 0 aliphatic heterocycles. The Morgan fingerprint density at radius 3 is 1.93 bits per heavy atom. The fourth-order valence-corrected chi connectivity index (χ4v) is 3.64. The molecule has 0 unspecified atom stereocenters. The van der Waals surface area contributed by atoms with Crippen LogP contribution in [-0.4, -0.2) is 27.1 Å². The highest BCUT2D eigenvalue weighted by Crippen LogP contribution is 2.23. The number of rotatable bonds is 10. The van der Waals surface area contributed by atoms with Crippen molar-refractivity contribution in [3.8, 4) is 0 Å². The molecule has 1 heterocycles. The first-order chi connectivity index (χ1) is 14.2. The molecule has 0 fully saturated rings. The van der Waals surface area contributed by atoms with E-state index in [9.17, 15) is 5.11 Å². The molecule has 0 saturated heterocycles. The first-order valence-corrected chi connectivity index (χ1v) is 10.2. The molecule has 1 aromatic heterocycles. The van der Waals surface area contributed by atoms with Crippen LogP contribution in [-0.2, 0) is 19.5 Å². The van der Waals surface area contributed by atoms with Gasteiger partial charge >= 0.3 is 0 Å². The minimum Gasteiger partial charge on any atom is -0.391 e. The predicted molar refractivity (Wildman–Crippen MR) is 119 cm³/mol. The van der Waals surface area contributed by atoms with E-state index in [0.29, 0.717) is 0 Å². The van der Waals surface area contributed by atoms with E-state index in [2.05, 4.69) is 71.1 Å². The van der Waals surface area contributed by atoms with Gasteiger partial charge in [-0.2, -0.15) is 0 Å². The van der Waals surface area contributed by atoms with Gasteiger partial charge in [-0.05, 0) is 29.2 Å². The molecule has 3 rings (SSSR count). The molecule has 29 heavy (non-hydrogen) atoms. The fraction of sp³-hybridized carbons (Fsp3) is 0.269. The zero-order valence-corrected chi connectivity index (χ0v) is 17.1. The van der Waals surface area contributed by atoms with Crippen LogP contribution in [0.25, 0.3) is 0 Å². The number of aliphatic hydroxyl groups is 1. The number of aliphatic hydroxyl groups excluding tert-OH is 1. The van der Waals surface area contributed by atoms with E-state index in [4.69, 9.17) is 0 Å². The Kier molecular flexibility index (Phi) is 7.74. The van der Waals surface area contributed by atoms with Gasteiger partial charge in [-0.3, -0.25) is 9.88 Å². The Bertz CT molecular complexity index is 810. The Balaban J connectivity index is 1.93. The highest BCUT2D eigenvalue weighted by Gasteiger charge is 2.29. The second-order valence-electron chi connectivity index (χ2n) is 7.59. The monoisotopic (exact) mass is 386 g/mol. The molecule has 2 aromatic carbocycles. The van der Waals surface area contributed by atoms with Crippen molar-refractivity contribution in [1.29, 1.82) is 0 Å². The molecule has 0 spiro atoms. The predicted octanol–water partition coefficient (Wildman–Crippen LogP) is 4.88. The van der Waals surface area contributed by atoms with Crippen molar-refractivity contribution < 1.29 is 5.11 Å². The summed E-state index contributed by atoms with van der Waals surface area (Å²) in [6.45, 7) is 7.46. The maximum atomic E-state index is 11.2. The van der Waals surface area contributed by atoms with Gasteiger partial charge in [-0.15, -0.1) is 6.58 Å². The SMILES string of the molecule is C=C[C@H](C)[C@H](O)[C@H](Cc1cccnc1)N(Cc1ccccc1)Cc1ccccc1. The molecule has 3 aromatic rings. The van der Waals surface area contributed by atoms with Crippen molar-refractivity contribution in [3.63, 3.8) is 0 Å². The summed E-state index contributed by atoms with van der Waals surface area (Å²) in [4.78, 5) is 6.65. The molecule has 3 nitrogen and oxygen atoms in total. The Labute approximate surface area is 174 Å². The second-order valence-corrected chi connectivity index (χ2v) is 7.59. The maximum Gasteiger partial charge on any atom is 0.0758 e. The van der Waals surface area contributed by atoms with Crippen LogP contribution in [0.15, 0.2) is 97.8 Å². The van der Waals surface area contributed by atoms with Crippen LogP contribution >= 0.6 is 0 Å². The van der Waals surface area contributed by atoms with Crippen LogP contribution in [0, 0.1) is 5.92 Å². The van der Waals surface area contributed by atoms with E-state index in [1.807, 2.05) is 37.4 Å². The Morgan fingerprint density at radius 2 is 1.45 bits per heavy atom. The standard InChI is InChI=1S/C26H30N2O/c1-3-21(2)26(29)25(17-24-15-10-16-27-18-24)28(19-22-11-6-4-7-12-22)20-23-13-8-5-9-14-23/h3-16,18,21,25-26,29H,1,17,19-20H2,2H3/t21-,25-,26-/m0/s1. The third-order valence-electron chi connectivity index (χ3n) is 5.40. The van der Waals surface area contributed by atoms with E-state index >= 15 is 0 Å². The van der Waals surface area contributed by atoms with E-state index in [-0.39, 0.29) is 12.0 Å². The molecule has 0 aliphatic carbocycles. The van der Waals surface area contributed by atoms with Crippen molar-refractivity contribution in [2.45, 2.75) is 38.6 Å². The van der Waals surface area contributed by atoms with E-state index in [1.54, 1.807) is 6.20 Å². The molecule has 0 aliphatic rings. The molecule has 3 atom stereocenters. The zero-order valence-electron chi connectivity index (χ0n) is 17.1. The van der Waals surface area contributed by atoms with Gasteiger partial charge in [0, 0.05) is 37.4 Å². The molecule has 0 saturated carbocycles. The number of pyridine rings is 1. The summed E-state index contributed by atoms with van der Waals surface area (Å²) >= 11 is 0. The lowest BCUT2D eigenvalue weighted by atomic mass is 9.91. The normalized spacial score (nSPS) is 14.3. The highest BCUT2D eigenvalue weighted by atomic mass is 16.3. The molecule has 1 N–H and O–H groups in total. The molecular formula is C26H30N2O. The average Bonchev–Trinajstić information content (AvgIpc) is 2.78. The van der Waals surface area contributed by atoms with Crippen LogP contribution < -0.4 is 0 Å². The largest absolute Gasteiger partial charge is 0.391 e. The lowest BCUT2D eigenvalue weighted by molar-refractivity contribution is 0.0183. The van der Waals surface area contributed by atoms with Crippen molar-refractivity contribution in [2.24, 2.45) is 5.92 Å². The second kappa shape index (κ2) is 10.7. The van der Waals surface area contributed by atoms with Crippen molar-refractivity contribution in [2.75, 3.05) is 0 Å². The topological polar surface area (TPSA) is 36.4 Å². The summed E-state index contributed by atoms with van der Waals surface area (Å²) in [6, 6.07) is 24.9. The molecule has 3 heteroatoms. The first kappa shape index (κ1) is 21.0. The van der Waals surface area contributed by atoms with Crippen LogP contribution in [0.2, 0.25) is 0 Å². The molecule has 0 radical (unpaired) electrons. The summed E-state index contributed by atoms with van der Waals surface area (Å²) in [6.07, 6.45) is 5.71. The number of hydrogen-bond donors (Lipinski definition) is 1. The summed E-state index contributed by atoms with van der Waals surface area (Å²) in [5.41, 5.74) is 3.59. The van der Waals surface area contributed by atoms with Gasteiger partial charge in [-0.25, -0.2) is 0 Å². The quantitative estimate of drug-likeness (QED) is 0.505. The minimum absolute atomic E-state index is 0.00859. The Morgan fingerprint density at radius 1 is 0.897 bits per heavy atom. The van der Waals surface area contributed by atoms with Gasteiger partial charge in [-0.1, -0.05) is 79.7 Å². The van der Waals surface area contributed by atoms with Crippen LogP contribution in [0.5, 0.6) is 0 Å². The summed E-state index contributed by atoms with van der Waals surface area (Å²) in [5, 5.41) is 11.2. The minimum atomic E-state index is -0.528. The third kappa shape index (κ3) is 6.11. The fourth-order valence-electron chi connectivity index (χ4n) is 3.64. The van der Waals surface area contributed by atoms with Gasteiger partial charge in [0.15, 0.2) is 0 Å². The van der Waals surface area contributed by atoms with Gasteiger partial charge < -0.3 is 5.11 Å². The molecule has 0 amide bonds. The number of nitrogens with zero attached hydrogens (tertiary/aromatic N) is 2. The van der Waals surface area contributed by atoms with Crippen molar-refractivity contribution >= 4 is 0 Å². The number of benzene rings is 2. The molecule has 150 valence electrons. The van der Waals surface area contributed by atoms with Gasteiger partial charge in [0.25, 0.3) is 0 Å². The third-order valence-corrected chi connectivity index (χ3v) is 5.40. The van der Waals surface area contributed by atoms with E-state index in [1.165, 1.54) is 11.1 Å². The van der Waals surface area contributed by atoms with Crippen LogP contribution in [0.4, 0.5) is 0 Å². The summed E-state index contributed by atoms with van der Waals surface area (Å²) in [7, 11) is 0. The van der Waals surface area contributed by atoms with E-state index in [0.717, 1.165) is 25.1 Å². The van der Waals surface area contributed by atoms with Crippen molar-refractivity contribution in [1.82, 2.24) is 9.88 Å². The highest BCUT2D eigenvalue weighted by molar-refractivity contribution is 5.19. The summed E-state index contributed by atoms with van der Waals surface area (Å²) < 4.78 is 0. The first-order valence-electron chi connectivity index (χ1n) is 10.2. The lowest BCUT2D eigenvalue weighted by Crippen LogP contribution is -2.46. The van der Waals surface area contributed by atoms with Crippen molar-refractivity contribution in [3.05, 3.63) is 115 Å². The number of hydrogen-bond acceptors (Lipinski definition) is 3. The summed E-state index contributed by atoms with van der Waals surface area (Å²) in [5.74, 6) is -0.00859. The smallest absolute Gasteiger partial charge is 0.0758 e. The zero-order chi connectivity index (χ0) is 20.5. The van der Waals surface area contributed by atoms with Crippen LogP contribution in [0.1, 0.15) is 23.6 Å².